The lowest BCUT2D eigenvalue weighted by Crippen LogP contribution is -2.49. The third-order valence-electron chi connectivity index (χ3n) is 2.31. The highest BCUT2D eigenvalue weighted by Crippen LogP contribution is 2.16. The van der Waals surface area contributed by atoms with Crippen molar-refractivity contribution in [2.24, 2.45) is 0 Å². The second-order valence-corrected chi connectivity index (χ2v) is 6.04. The van der Waals surface area contributed by atoms with Gasteiger partial charge in [-0.25, -0.2) is 0 Å². The normalized spacial score (nSPS) is 12.4. The lowest BCUT2D eigenvalue weighted by molar-refractivity contribution is -0.156. The molecular formula is C15H20ClNO4. The van der Waals surface area contributed by atoms with Crippen LogP contribution in [0.2, 0.25) is 5.02 Å². The maximum Gasteiger partial charge on any atom is 0.303 e. The number of benzene rings is 1. The summed E-state index contributed by atoms with van der Waals surface area (Å²) in [5, 5.41) is 3.34. The van der Waals surface area contributed by atoms with Crippen LogP contribution in [0.1, 0.15) is 27.7 Å². The fraction of sp³-hybridized carbons (Fsp3) is 0.467. The van der Waals surface area contributed by atoms with Crippen LogP contribution in [0.5, 0.6) is 5.75 Å². The van der Waals surface area contributed by atoms with E-state index in [4.69, 9.17) is 21.1 Å². The standard InChI is InChI=1S/C15H20ClNO4/c1-10(18)21-13(14(19)17-15(2,3)4)9-20-12-7-5-11(16)6-8-12/h5-8,13H,9H2,1-4H3,(H,17,19). The number of carbonyl (C=O) groups is 2. The first-order valence-electron chi connectivity index (χ1n) is 6.55. The smallest absolute Gasteiger partial charge is 0.303 e. The Morgan fingerprint density at radius 3 is 2.29 bits per heavy atom. The van der Waals surface area contributed by atoms with E-state index in [1.807, 2.05) is 20.8 Å². The zero-order valence-corrected chi connectivity index (χ0v) is 13.4. The highest BCUT2D eigenvalue weighted by Gasteiger charge is 2.26. The third-order valence-corrected chi connectivity index (χ3v) is 2.57. The molecule has 0 aliphatic heterocycles. The van der Waals surface area contributed by atoms with Gasteiger partial charge in [0.15, 0.2) is 0 Å². The molecule has 1 aromatic carbocycles. The van der Waals surface area contributed by atoms with Crippen LogP contribution in [0, 0.1) is 0 Å². The second-order valence-electron chi connectivity index (χ2n) is 5.60. The predicted octanol–water partition coefficient (Wildman–Crippen LogP) is 2.57. The van der Waals surface area contributed by atoms with E-state index >= 15 is 0 Å². The quantitative estimate of drug-likeness (QED) is 0.849. The summed E-state index contributed by atoms with van der Waals surface area (Å²) in [7, 11) is 0. The SMILES string of the molecule is CC(=O)OC(COc1ccc(Cl)cc1)C(=O)NC(C)(C)C. The Hall–Kier alpha value is -1.75. The van der Waals surface area contributed by atoms with E-state index in [1.165, 1.54) is 6.92 Å². The van der Waals surface area contributed by atoms with E-state index in [0.29, 0.717) is 10.8 Å². The topological polar surface area (TPSA) is 64.6 Å². The average Bonchev–Trinajstić information content (AvgIpc) is 2.33. The molecule has 1 atom stereocenters. The number of hydrogen-bond acceptors (Lipinski definition) is 4. The first kappa shape index (κ1) is 17.3. The number of esters is 1. The van der Waals surface area contributed by atoms with Crippen LogP contribution in [-0.2, 0) is 14.3 Å². The zero-order chi connectivity index (χ0) is 16.0. The van der Waals surface area contributed by atoms with Crippen LogP contribution in [0.4, 0.5) is 0 Å². The number of hydrogen-bond donors (Lipinski definition) is 1. The monoisotopic (exact) mass is 313 g/mol. The molecule has 0 radical (unpaired) electrons. The van der Waals surface area contributed by atoms with Crippen LogP contribution in [-0.4, -0.2) is 30.1 Å². The molecule has 5 nitrogen and oxygen atoms in total. The molecule has 0 aliphatic carbocycles. The Balaban J connectivity index is 2.67. The van der Waals surface area contributed by atoms with Crippen LogP contribution >= 0.6 is 11.6 Å². The minimum atomic E-state index is -1.00. The van der Waals surface area contributed by atoms with Crippen molar-refractivity contribution in [2.75, 3.05) is 6.61 Å². The number of ether oxygens (including phenoxy) is 2. The van der Waals surface area contributed by atoms with Crippen LogP contribution < -0.4 is 10.1 Å². The summed E-state index contributed by atoms with van der Waals surface area (Å²) < 4.78 is 10.5. The van der Waals surface area contributed by atoms with Gasteiger partial charge in [0.2, 0.25) is 6.10 Å². The molecule has 1 N–H and O–H groups in total. The van der Waals surface area contributed by atoms with E-state index in [-0.39, 0.29) is 6.61 Å². The van der Waals surface area contributed by atoms with Crippen molar-refractivity contribution in [3.8, 4) is 5.75 Å². The molecule has 0 bridgehead atoms. The van der Waals surface area contributed by atoms with Gasteiger partial charge < -0.3 is 14.8 Å². The second kappa shape index (κ2) is 7.31. The summed E-state index contributed by atoms with van der Waals surface area (Å²) in [4.78, 5) is 23.2. The minimum absolute atomic E-state index is 0.0663. The molecule has 1 amide bonds. The molecule has 1 aromatic rings. The molecule has 1 unspecified atom stereocenters. The molecule has 21 heavy (non-hydrogen) atoms. The Morgan fingerprint density at radius 2 is 1.81 bits per heavy atom. The number of rotatable bonds is 5. The van der Waals surface area contributed by atoms with Crippen molar-refractivity contribution in [2.45, 2.75) is 39.3 Å². The summed E-state index contributed by atoms with van der Waals surface area (Å²) >= 11 is 5.78. The maximum absolute atomic E-state index is 12.1. The lowest BCUT2D eigenvalue weighted by atomic mass is 10.1. The maximum atomic E-state index is 12.1. The van der Waals surface area contributed by atoms with E-state index < -0.39 is 23.5 Å². The molecule has 0 aromatic heterocycles. The molecule has 0 saturated carbocycles. The predicted molar refractivity (Wildman–Crippen MR) is 80.4 cm³/mol. The van der Waals surface area contributed by atoms with Crippen molar-refractivity contribution >= 4 is 23.5 Å². The summed E-state index contributed by atoms with van der Waals surface area (Å²) in [5.74, 6) is -0.393. The first-order chi connectivity index (χ1) is 9.67. The molecule has 116 valence electrons. The van der Waals surface area contributed by atoms with Crippen molar-refractivity contribution in [1.82, 2.24) is 5.32 Å². The number of nitrogens with one attached hydrogen (secondary N) is 1. The minimum Gasteiger partial charge on any atom is -0.489 e. The highest BCUT2D eigenvalue weighted by atomic mass is 35.5. The molecular weight excluding hydrogens is 294 g/mol. The van der Waals surface area contributed by atoms with Crippen molar-refractivity contribution in [3.05, 3.63) is 29.3 Å². The Labute approximate surface area is 129 Å². The molecule has 0 fully saturated rings. The Morgan fingerprint density at radius 1 is 1.24 bits per heavy atom. The van der Waals surface area contributed by atoms with E-state index in [1.54, 1.807) is 24.3 Å². The van der Waals surface area contributed by atoms with Crippen LogP contribution in [0.15, 0.2) is 24.3 Å². The van der Waals surface area contributed by atoms with Crippen LogP contribution in [0.3, 0.4) is 0 Å². The summed E-state index contributed by atoms with van der Waals surface area (Å²) in [6, 6.07) is 6.70. The lowest BCUT2D eigenvalue weighted by Gasteiger charge is -2.24. The molecule has 0 aliphatic rings. The summed E-state index contributed by atoms with van der Waals surface area (Å²) in [6.45, 7) is 6.71. The molecule has 0 heterocycles. The van der Waals surface area contributed by atoms with Gasteiger partial charge in [-0.15, -0.1) is 0 Å². The van der Waals surface area contributed by atoms with E-state index in [0.717, 1.165) is 0 Å². The van der Waals surface area contributed by atoms with Gasteiger partial charge in [0.25, 0.3) is 5.91 Å². The Bertz CT molecular complexity index is 493. The molecule has 6 heteroatoms. The van der Waals surface area contributed by atoms with Gasteiger partial charge in [-0.2, -0.15) is 0 Å². The average molecular weight is 314 g/mol. The number of carbonyl (C=O) groups excluding carboxylic acids is 2. The summed E-state index contributed by atoms with van der Waals surface area (Å²) in [5.41, 5.74) is -0.421. The van der Waals surface area contributed by atoms with Gasteiger partial charge in [-0.05, 0) is 45.0 Å². The fourth-order valence-corrected chi connectivity index (χ4v) is 1.64. The van der Waals surface area contributed by atoms with Gasteiger partial charge in [-0.3, -0.25) is 9.59 Å². The van der Waals surface area contributed by atoms with Gasteiger partial charge in [0.1, 0.15) is 12.4 Å². The summed E-state index contributed by atoms with van der Waals surface area (Å²) in [6.07, 6.45) is -1.00. The third kappa shape index (κ3) is 6.99. The van der Waals surface area contributed by atoms with Crippen molar-refractivity contribution < 1.29 is 19.1 Å². The Kier molecular flexibility index (Phi) is 6.03. The fourth-order valence-electron chi connectivity index (χ4n) is 1.52. The van der Waals surface area contributed by atoms with Gasteiger partial charge in [-0.1, -0.05) is 11.6 Å². The molecule has 0 spiro atoms. The first-order valence-corrected chi connectivity index (χ1v) is 6.93. The van der Waals surface area contributed by atoms with Crippen molar-refractivity contribution in [1.29, 1.82) is 0 Å². The molecule has 0 saturated heterocycles. The number of halogens is 1. The van der Waals surface area contributed by atoms with Gasteiger partial charge >= 0.3 is 5.97 Å². The van der Waals surface area contributed by atoms with Crippen molar-refractivity contribution in [3.63, 3.8) is 0 Å². The zero-order valence-electron chi connectivity index (χ0n) is 12.6. The van der Waals surface area contributed by atoms with Gasteiger partial charge in [0.05, 0.1) is 0 Å². The van der Waals surface area contributed by atoms with E-state index in [2.05, 4.69) is 5.32 Å². The van der Waals surface area contributed by atoms with Crippen LogP contribution in [0.25, 0.3) is 0 Å². The largest absolute Gasteiger partial charge is 0.489 e. The molecule has 1 rings (SSSR count). The highest BCUT2D eigenvalue weighted by molar-refractivity contribution is 6.30. The number of amides is 1. The van der Waals surface area contributed by atoms with Gasteiger partial charge in [0, 0.05) is 17.5 Å². The van der Waals surface area contributed by atoms with E-state index in [9.17, 15) is 9.59 Å².